The van der Waals surface area contributed by atoms with Crippen molar-refractivity contribution < 1.29 is 8.96 Å². The third-order valence-corrected chi connectivity index (χ3v) is 0.984. The van der Waals surface area contributed by atoms with E-state index >= 15 is 0 Å². The molecule has 2 nitrogen and oxygen atoms in total. The lowest BCUT2D eigenvalue weighted by atomic mass is 10.4. The van der Waals surface area contributed by atoms with Crippen LogP contribution >= 0.6 is 0 Å². The molecular weight excluding hydrogens is 119 g/mol. The zero-order chi connectivity index (χ0) is 6.85. The van der Waals surface area contributed by atoms with Gasteiger partial charge in [-0.3, -0.25) is 0 Å². The maximum Gasteiger partial charge on any atom is 0.204 e. The molecule has 0 fully saturated rings. The molecule has 9 heavy (non-hydrogen) atoms. The van der Waals surface area contributed by atoms with E-state index in [0.29, 0.717) is 5.69 Å². The highest BCUT2D eigenvalue weighted by Crippen LogP contribution is 1.98. The van der Waals surface area contributed by atoms with E-state index in [1.807, 2.05) is 0 Å². The van der Waals surface area contributed by atoms with Crippen LogP contribution in [0.25, 0.3) is 0 Å². The van der Waals surface area contributed by atoms with Gasteiger partial charge in [-0.1, -0.05) is 0 Å². The number of aryl methyl sites for hydroxylation is 1. The molecule has 0 spiro atoms. The standard InChI is InChI=1S/C6H8FN2/c1-9-3-5(7)2-6(8)4-9/h2-4H,8H2,1H3/q+1. The van der Waals surface area contributed by atoms with Crippen LogP contribution in [0.3, 0.4) is 0 Å². The highest BCUT2D eigenvalue weighted by molar-refractivity contribution is 5.31. The number of hydrogen-bond acceptors (Lipinski definition) is 1. The fraction of sp³-hybridized carbons (Fsp3) is 0.167. The Morgan fingerprint density at radius 1 is 1.56 bits per heavy atom. The Labute approximate surface area is 52.7 Å². The fourth-order valence-electron chi connectivity index (χ4n) is 0.701. The second-order valence-corrected chi connectivity index (χ2v) is 1.95. The van der Waals surface area contributed by atoms with Crippen LogP contribution in [0.15, 0.2) is 18.5 Å². The second kappa shape index (κ2) is 2.01. The number of rotatable bonds is 0. The first-order valence-corrected chi connectivity index (χ1v) is 2.60. The van der Waals surface area contributed by atoms with Crippen molar-refractivity contribution in [1.82, 2.24) is 0 Å². The van der Waals surface area contributed by atoms with E-state index in [4.69, 9.17) is 5.73 Å². The molecule has 0 aliphatic heterocycles. The molecule has 1 aromatic heterocycles. The number of halogens is 1. The van der Waals surface area contributed by atoms with Crippen molar-refractivity contribution in [3.8, 4) is 0 Å². The zero-order valence-corrected chi connectivity index (χ0v) is 5.13. The fourth-order valence-corrected chi connectivity index (χ4v) is 0.701. The van der Waals surface area contributed by atoms with Gasteiger partial charge in [0.1, 0.15) is 7.05 Å². The summed E-state index contributed by atoms with van der Waals surface area (Å²) >= 11 is 0. The summed E-state index contributed by atoms with van der Waals surface area (Å²) in [7, 11) is 1.72. The maximum absolute atomic E-state index is 12.3. The summed E-state index contributed by atoms with van der Waals surface area (Å²) in [5, 5.41) is 0. The molecule has 0 saturated heterocycles. The van der Waals surface area contributed by atoms with Crippen LogP contribution in [0.2, 0.25) is 0 Å². The van der Waals surface area contributed by atoms with Gasteiger partial charge in [0.05, 0.1) is 5.69 Å². The maximum atomic E-state index is 12.3. The van der Waals surface area contributed by atoms with Crippen molar-refractivity contribution in [3.63, 3.8) is 0 Å². The average molecular weight is 127 g/mol. The first-order valence-electron chi connectivity index (χ1n) is 2.60. The normalized spacial score (nSPS) is 9.56. The third kappa shape index (κ3) is 1.38. The van der Waals surface area contributed by atoms with E-state index in [9.17, 15) is 4.39 Å². The Balaban J connectivity index is 3.17. The number of anilines is 1. The number of aromatic nitrogens is 1. The molecule has 1 heterocycles. The predicted molar refractivity (Wildman–Crippen MR) is 32.0 cm³/mol. The number of pyridine rings is 1. The summed E-state index contributed by atoms with van der Waals surface area (Å²) in [6.45, 7) is 0. The molecule has 0 saturated carbocycles. The topological polar surface area (TPSA) is 29.9 Å². The zero-order valence-electron chi connectivity index (χ0n) is 5.13. The van der Waals surface area contributed by atoms with Crippen LogP contribution in [0.4, 0.5) is 10.1 Å². The van der Waals surface area contributed by atoms with Gasteiger partial charge in [0, 0.05) is 6.07 Å². The SMILES string of the molecule is C[n+]1cc(N)cc(F)c1. The monoisotopic (exact) mass is 127 g/mol. The van der Waals surface area contributed by atoms with Gasteiger partial charge >= 0.3 is 0 Å². The molecule has 1 rings (SSSR count). The molecule has 0 radical (unpaired) electrons. The lowest BCUT2D eigenvalue weighted by Gasteiger charge is -1.89. The van der Waals surface area contributed by atoms with E-state index in [1.54, 1.807) is 17.8 Å². The number of nitrogen functional groups attached to an aromatic ring is 1. The molecule has 0 atom stereocenters. The van der Waals surface area contributed by atoms with Crippen LogP contribution in [0, 0.1) is 5.82 Å². The van der Waals surface area contributed by atoms with Crippen LogP contribution < -0.4 is 10.3 Å². The van der Waals surface area contributed by atoms with Crippen molar-refractivity contribution in [2.75, 3.05) is 5.73 Å². The number of nitrogens with zero attached hydrogens (tertiary/aromatic N) is 1. The Morgan fingerprint density at radius 3 is 2.67 bits per heavy atom. The van der Waals surface area contributed by atoms with Gasteiger partial charge < -0.3 is 5.73 Å². The predicted octanol–water partition coefficient (Wildman–Crippen LogP) is 0.232. The van der Waals surface area contributed by atoms with Crippen molar-refractivity contribution in [2.45, 2.75) is 0 Å². The summed E-state index contributed by atoms with van der Waals surface area (Å²) < 4.78 is 13.9. The summed E-state index contributed by atoms with van der Waals surface area (Å²) in [4.78, 5) is 0. The van der Waals surface area contributed by atoms with Crippen LogP contribution in [-0.2, 0) is 7.05 Å². The van der Waals surface area contributed by atoms with Crippen molar-refractivity contribution >= 4 is 5.69 Å². The Morgan fingerprint density at radius 2 is 2.22 bits per heavy atom. The average Bonchev–Trinajstić information content (AvgIpc) is 1.59. The Kier molecular flexibility index (Phi) is 1.34. The smallest absolute Gasteiger partial charge is 0.204 e. The first-order chi connectivity index (χ1) is 4.18. The molecule has 0 amide bonds. The van der Waals surface area contributed by atoms with Crippen LogP contribution in [0.5, 0.6) is 0 Å². The molecular formula is C6H8FN2+. The Hall–Kier alpha value is -1.12. The van der Waals surface area contributed by atoms with Gasteiger partial charge in [-0.15, -0.1) is 0 Å². The molecule has 48 valence electrons. The molecule has 0 bridgehead atoms. The molecule has 1 aromatic rings. The van der Waals surface area contributed by atoms with Gasteiger partial charge in [0.25, 0.3) is 0 Å². The minimum absolute atomic E-state index is 0.308. The Bertz CT molecular complexity index is 172. The van der Waals surface area contributed by atoms with E-state index < -0.39 is 0 Å². The minimum Gasteiger partial charge on any atom is -0.394 e. The van der Waals surface area contributed by atoms with Gasteiger partial charge in [-0.05, 0) is 0 Å². The lowest BCUT2D eigenvalue weighted by Crippen LogP contribution is -2.27. The van der Waals surface area contributed by atoms with Crippen molar-refractivity contribution in [1.29, 1.82) is 0 Å². The van der Waals surface area contributed by atoms with Crippen molar-refractivity contribution in [2.24, 2.45) is 7.05 Å². The van der Waals surface area contributed by atoms with Gasteiger partial charge in [-0.25, -0.2) is 8.96 Å². The molecule has 0 aromatic carbocycles. The van der Waals surface area contributed by atoms with Crippen LogP contribution in [-0.4, -0.2) is 0 Å². The van der Waals surface area contributed by atoms with Gasteiger partial charge in [0.2, 0.25) is 6.20 Å². The van der Waals surface area contributed by atoms with E-state index in [0.717, 1.165) is 0 Å². The summed E-state index contributed by atoms with van der Waals surface area (Å²) in [5.74, 6) is -0.308. The summed E-state index contributed by atoms with van der Waals surface area (Å²) in [6.07, 6.45) is 3.00. The van der Waals surface area contributed by atoms with Crippen molar-refractivity contribution in [3.05, 3.63) is 24.3 Å². The molecule has 0 aliphatic carbocycles. The quantitative estimate of drug-likeness (QED) is 0.497. The summed E-state index contributed by atoms with van der Waals surface area (Å²) in [5.41, 5.74) is 5.74. The second-order valence-electron chi connectivity index (χ2n) is 1.95. The largest absolute Gasteiger partial charge is 0.394 e. The third-order valence-electron chi connectivity index (χ3n) is 0.984. The molecule has 0 aliphatic rings. The number of nitrogens with two attached hydrogens (primary N) is 1. The minimum atomic E-state index is -0.308. The van der Waals surface area contributed by atoms with E-state index in [1.165, 1.54) is 12.3 Å². The highest BCUT2D eigenvalue weighted by atomic mass is 19.1. The van der Waals surface area contributed by atoms with Gasteiger partial charge in [-0.2, -0.15) is 0 Å². The molecule has 2 N–H and O–H groups in total. The molecule has 0 unspecified atom stereocenters. The van der Waals surface area contributed by atoms with E-state index in [-0.39, 0.29) is 5.82 Å². The van der Waals surface area contributed by atoms with E-state index in [2.05, 4.69) is 0 Å². The lowest BCUT2D eigenvalue weighted by molar-refractivity contribution is -0.672. The highest BCUT2D eigenvalue weighted by Gasteiger charge is 1.97. The van der Waals surface area contributed by atoms with Gasteiger partial charge in [0.15, 0.2) is 12.0 Å². The number of hydrogen-bond donors (Lipinski definition) is 1. The summed E-state index contributed by atoms with van der Waals surface area (Å²) in [6, 6.07) is 1.28. The molecule has 3 heteroatoms. The first kappa shape index (κ1) is 6.01. The van der Waals surface area contributed by atoms with Crippen LogP contribution in [0.1, 0.15) is 0 Å².